The van der Waals surface area contributed by atoms with Gasteiger partial charge in [0.05, 0.1) is 25.4 Å². The highest BCUT2D eigenvalue weighted by Crippen LogP contribution is 2.33. The second-order valence-corrected chi connectivity index (χ2v) is 7.77. The van der Waals surface area contributed by atoms with E-state index >= 15 is 0 Å². The van der Waals surface area contributed by atoms with Crippen molar-refractivity contribution < 1.29 is 14.3 Å². The predicted octanol–water partition coefficient (Wildman–Crippen LogP) is 2.43. The van der Waals surface area contributed by atoms with Crippen LogP contribution in [-0.2, 0) is 15.9 Å². The van der Waals surface area contributed by atoms with Gasteiger partial charge < -0.3 is 20.1 Å². The van der Waals surface area contributed by atoms with Crippen LogP contribution in [0.25, 0.3) is 0 Å². The van der Waals surface area contributed by atoms with Crippen molar-refractivity contribution >= 4 is 6.03 Å². The lowest BCUT2D eigenvalue weighted by Gasteiger charge is -2.24. The van der Waals surface area contributed by atoms with E-state index in [0.29, 0.717) is 25.2 Å². The SMILES string of the molecule is O=C(NC1CCCCC1)N[C@H]1CO[C@@H]2[C@@H](CCc3ccccn3)CO[C@@H]21. The van der Waals surface area contributed by atoms with E-state index < -0.39 is 0 Å². The molecule has 2 saturated heterocycles. The van der Waals surface area contributed by atoms with E-state index in [1.165, 1.54) is 19.3 Å². The summed E-state index contributed by atoms with van der Waals surface area (Å²) < 4.78 is 12.0. The summed E-state index contributed by atoms with van der Waals surface area (Å²) >= 11 is 0. The van der Waals surface area contributed by atoms with E-state index in [-0.39, 0.29) is 24.3 Å². The maximum absolute atomic E-state index is 12.3. The van der Waals surface area contributed by atoms with E-state index in [0.717, 1.165) is 31.4 Å². The smallest absolute Gasteiger partial charge is 0.315 e. The minimum Gasteiger partial charge on any atom is -0.373 e. The zero-order chi connectivity index (χ0) is 17.8. The fraction of sp³-hybridized carbons (Fsp3) is 0.700. The molecule has 2 N–H and O–H groups in total. The van der Waals surface area contributed by atoms with Gasteiger partial charge in [0.2, 0.25) is 0 Å². The Morgan fingerprint density at radius 2 is 1.92 bits per heavy atom. The third kappa shape index (κ3) is 4.18. The van der Waals surface area contributed by atoms with E-state index in [4.69, 9.17) is 9.47 Å². The number of nitrogens with one attached hydrogen (secondary N) is 2. The zero-order valence-corrected chi connectivity index (χ0v) is 15.2. The molecule has 0 unspecified atom stereocenters. The Labute approximate surface area is 155 Å². The molecular weight excluding hydrogens is 330 g/mol. The number of carbonyl (C=O) groups is 1. The summed E-state index contributed by atoms with van der Waals surface area (Å²) in [7, 11) is 0. The minimum absolute atomic E-state index is 0.0270. The topological polar surface area (TPSA) is 72.5 Å². The summed E-state index contributed by atoms with van der Waals surface area (Å²) in [6.45, 7) is 1.23. The molecule has 3 fully saturated rings. The molecule has 3 heterocycles. The molecule has 2 aliphatic heterocycles. The van der Waals surface area contributed by atoms with Gasteiger partial charge in [-0.2, -0.15) is 0 Å². The van der Waals surface area contributed by atoms with Crippen LogP contribution in [0, 0.1) is 5.92 Å². The van der Waals surface area contributed by atoms with E-state index in [2.05, 4.69) is 21.7 Å². The molecule has 6 nitrogen and oxygen atoms in total. The predicted molar refractivity (Wildman–Crippen MR) is 97.9 cm³/mol. The molecule has 1 aromatic heterocycles. The van der Waals surface area contributed by atoms with Gasteiger partial charge in [0.1, 0.15) is 6.10 Å². The van der Waals surface area contributed by atoms with Crippen molar-refractivity contribution in [2.24, 2.45) is 5.92 Å². The maximum atomic E-state index is 12.3. The molecule has 4 rings (SSSR count). The lowest BCUT2D eigenvalue weighted by atomic mass is 9.94. The summed E-state index contributed by atoms with van der Waals surface area (Å²) in [5.74, 6) is 0.371. The Kier molecular flexibility index (Phi) is 5.70. The summed E-state index contributed by atoms with van der Waals surface area (Å²) in [5, 5.41) is 6.19. The Morgan fingerprint density at radius 1 is 1.08 bits per heavy atom. The lowest BCUT2D eigenvalue weighted by Crippen LogP contribution is -2.50. The molecular formula is C20H29N3O3. The number of hydrogen-bond donors (Lipinski definition) is 2. The molecule has 0 bridgehead atoms. The third-order valence-corrected chi connectivity index (χ3v) is 5.91. The number of hydrogen-bond acceptors (Lipinski definition) is 4. The van der Waals surface area contributed by atoms with Crippen LogP contribution in [0.15, 0.2) is 24.4 Å². The molecule has 0 spiro atoms. The number of urea groups is 1. The van der Waals surface area contributed by atoms with Crippen LogP contribution in [0.3, 0.4) is 0 Å². The number of rotatable bonds is 5. The highest BCUT2D eigenvalue weighted by atomic mass is 16.6. The number of nitrogens with zero attached hydrogens (tertiary/aromatic N) is 1. The normalized spacial score (nSPS) is 31.5. The molecule has 0 radical (unpaired) electrons. The van der Waals surface area contributed by atoms with Gasteiger partial charge in [-0.05, 0) is 37.8 Å². The highest BCUT2D eigenvalue weighted by molar-refractivity contribution is 5.74. The van der Waals surface area contributed by atoms with Gasteiger partial charge in [0.15, 0.2) is 0 Å². The first-order chi connectivity index (χ1) is 12.8. The number of ether oxygens (including phenoxy) is 2. The number of amides is 2. The molecule has 6 heteroatoms. The molecule has 1 aromatic rings. The molecule has 4 atom stereocenters. The second kappa shape index (κ2) is 8.35. The molecule has 3 aliphatic rings. The average molecular weight is 359 g/mol. The number of pyridine rings is 1. The Bertz CT molecular complexity index is 591. The third-order valence-electron chi connectivity index (χ3n) is 5.91. The Morgan fingerprint density at radius 3 is 2.73 bits per heavy atom. The fourth-order valence-electron chi connectivity index (χ4n) is 4.47. The lowest BCUT2D eigenvalue weighted by molar-refractivity contribution is 0.0614. The van der Waals surface area contributed by atoms with Crippen LogP contribution in [0.1, 0.15) is 44.2 Å². The van der Waals surface area contributed by atoms with Crippen LogP contribution in [0.5, 0.6) is 0 Å². The monoisotopic (exact) mass is 359 g/mol. The van der Waals surface area contributed by atoms with Gasteiger partial charge in [-0.25, -0.2) is 4.79 Å². The molecule has 1 aliphatic carbocycles. The summed E-state index contributed by atoms with van der Waals surface area (Å²) in [6.07, 6.45) is 9.71. The van der Waals surface area contributed by atoms with E-state index in [1.54, 1.807) is 0 Å². The van der Waals surface area contributed by atoms with Crippen LogP contribution >= 0.6 is 0 Å². The molecule has 0 aromatic carbocycles. The van der Waals surface area contributed by atoms with Gasteiger partial charge >= 0.3 is 6.03 Å². The summed E-state index contributed by atoms with van der Waals surface area (Å²) in [5.41, 5.74) is 1.11. The van der Waals surface area contributed by atoms with Crippen molar-refractivity contribution in [3.05, 3.63) is 30.1 Å². The number of aromatic nitrogens is 1. The molecule has 2 amide bonds. The molecule has 142 valence electrons. The van der Waals surface area contributed by atoms with Crippen LogP contribution in [-0.4, -0.2) is 48.5 Å². The number of carbonyl (C=O) groups excluding carboxylic acids is 1. The van der Waals surface area contributed by atoms with E-state index in [1.807, 2.05) is 18.3 Å². The van der Waals surface area contributed by atoms with Crippen LogP contribution < -0.4 is 10.6 Å². The van der Waals surface area contributed by atoms with Crippen molar-refractivity contribution in [2.45, 2.75) is 69.2 Å². The van der Waals surface area contributed by atoms with E-state index in [9.17, 15) is 4.79 Å². The van der Waals surface area contributed by atoms with Crippen LogP contribution in [0.4, 0.5) is 4.79 Å². The summed E-state index contributed by atoms with van der Waals surface area (Å²) in [6, 6.07) is 6.20. The second-order valence-electron chi connectivity index (χ2n) is 7.77. The van der Waals surface area contributed by atoms with Gasteiger partial charge in [-0.3, -0.25) is 4.98 Å². The average Bonchev–Trinajstić information content (AvgIpc) is 3.25. The van der Waals surface area contributed by atoms with Crippen molar-refractivity contribution in [1.29, 1.82) is 0 Å². The van der Waals surface area contributed by atoms with Crippen molar-refractivity contribution in [2.75, 3.05) is 13.2 Å². The largest absolute Gasteiger partial charge is 0.373 e. The Hall–Kier alpha value is -1.66. The van der Waals surface area contributed by atoms with Crippen molar-refractivity contribution in [3.8, 4) is 0 Å². The van der Waals surface area contributed by atoms with Gasteiger partial charge in [0, 0.05) is 23.9 Å². The van der Waals surface area contributed by atoms with Crippen molar-refractivity contribution in [1.82, 2.24) is 15.6 Å². The zero-order valence-electron chi connectivity index (χ0n) is 15.2. The molecule has 1 saturated carbocycles. The first-order valence-corrected chi connectivity index (χ1v) is 10.00. The quantitative estimate of drug-likeness (QED) is 0.847. The minimum atomic E-state index is -0.0771. The number of aryl methyl sites for hydroxylation is 1. The first kappa shape index (κ1) is 17.7. The maximum Gasteiger partial charge on any atom is 0.315 e. The fourth-order valence-corrected chi connectivity index (χ4v) is 4.47. The van der Waals surface area contributed by atoms with Gasteiger partial charge in [0.25, 0.3) is 0 Å². The highest BCUT2D eigenvalue weighted by Gasteiger charge is 2.47. The van der Waals surface area contributed by atoms with Gasteiger partial charge in [-0.15, -0.1) is 0 Å². The van der Waals surface area contributed by atoms with Crippen molar-refractivity contribution in [3.63, 3.8) is 0 Å². The van der Waals surface area contributed by atoms with Gasteiger partial charge in [-0.1, -0.05) is 25.3 Å². The summed E-state index contributed by atoms with van der Waals surface area (Å²) in [4.78, 5) is 16.7. The van der Waals surface area contributed by atoms with Crippen LogP contribution in [0.2, 0.25) is 0 Å². The standard InChI is InChI=1S/C20H29N3O3/c24-20(22-16-7-2-1-3-8-16)23-17-13-26-18-14(12-25-19(17)18)9-10-15-6-4-5-11-21-15/h4-6,11,14,16-19H,1-3,7-10,12-13H2,(H2,22,23,24)/t14-,17-,18+,19+/m0/s1. The molecule has 26 heavy (non-hydrogen) atoms. The Balaban J connectivity index is 1.24. The number of fused-ring (bicyclic) bond motifs is 1. The first-order valence-electron chi connectivity index (χ1n) is 10.00.